The highest BCUT2D eigenvalue weighted by Crippen LogP contribution is 2.13. The molecule has 5 nitrogen and oxygen atoms in total. The van der Waals surface area contributed by atoms with Crippen LogP contribution >= 0.6 is 0 Å². The van der Waals surface area contributed by atoms with Crippen molar-refractivity contribution < 1.29 is 5.11 Å². The van der Waals surface area contributed by atoms with Crippen LogP contribution in [-0.4, -0.2) is 20.3 Å². The molecule has 5 heteroatoms. The first-order valence-corrected chi connectivity index (χ1v) is 4.65. The highest BCUT2D eigenvalue weighted by molar-refractivity contribution is 5.45. The number of nitrogens with one attached hydrogen (secondary N) is 2. The quantitative estimate of drug-likeness (QED) is 0.661. The van der Waals surface area contributed by atoms with Crippen molar-refractivity contribution in [2.45, 2.75) is 13.5 Å². The van der Waals surface area contributed by atoms with Crippen molar-refractivity contribution >= 4 is 5.69 Å². The lowest BCUT2D eigenvalue weighted by Gasteiger charge is -2.02. The van der Waals surface area contributed by atoms with Crippen LogP contribution in [0.2, 0.25) is 0 Å². The third kappa shape index (κ3) is 2.46. The molecule has 0 amide bonds. The van der Waals surface area contributed by atoms with E-state index in [0.717, 1.165) is 17.3 Å². The largest absolute Gasteiger partial charge is 0.508 e. The molecule has 0 saturated carbocycles. The zero-order valence-corrected chi connectivity index (χ0v) is 8.36. The van der Waals surface area contributed by atoms with Crippen LogP contribution in [-0.2, 0) is 6.54 Å². The first-order chi connectivity index (χ1) is 7.24. The molecule has 0 aliphatic rings. The van der Waals surface area contributed by atoms with E-state index < -0.39 is 0 Å². The Morgan fingerprint density at radius 3 is 2.67 bits per heavy atom. The second-order valence-electron chi connectivity index (χ2n) is 3.24. The summed E-state index contributed by atoms with van der Waals surface area (Å²) in [6.45, 7) is 2.42. The molecule has 3 N–H and O–H groups in total. The van der Waals surface area contributed by atoms with E-state index in [-0.39, 0.29) is 5.75 Å². The average Bonchev–Trinajstić information content (AvgIpc) is 2.64. The van der Waals surface area contributed by atoms with E-state index in [1.807, 2.05) is 6.92 Å². The second-order valence-corrected chi connectivity index (χ2v) is 3.24. The fourth-order valence-electron chi connectivity index (χ4n) is 1.23. The molecule has 0 aliphatic heterocycles. The van der Waals surface area contributed by atoms with Gasteiger partial charge in [0.15, 0.2) is 5.82 Å². The van der Waals surface area contributed by atoms with Crippen molar-refractivity contribution in [1.82, 2.24) is 15.2 Å². The van der Waals surface area contributed by atoms with Gasteiger partial charge in [0, 0.05) is 5.69 Å². The molecule has 0 spiro atoms. The molecular formula is C10H12N4O. The molecular weight excluding hydrogens is 192 g/mol. The Morgan fingerprint density at radius 2 is 2.07 bits per heavy atom. The van der Waals surface area contributed by atoms with Gasteiger partial charge in [0.25, 0.3) is 0 Å². The molecule has 2 aromatic rings. The van der Waals surface area contributed by atoms with Crippen molar-refractivity contribution in [2.24, 2.45) is 0 Å². The number of hydrogen-bond donors (Lipinski definition) is 3. The van der Waals surface area contributed by atoms with E-state index in [9.17, 15) is 0 Å². The van der Waals surface area contributed by atoms with Crippen LogP contribution in [0.4, 0.5) is 5.69 Å². The van der Waals surface area contributed by atoms with Crippen LogP contribution in [0, 0.1) is 6.92 Å². The number of anilines is 1. The molecule has 1 heterocycles. The Balaban J connectivity index is 1.96. The van der Waals surface area contributed by atoms with Crippen LogP contribution in [0.5, 0.6) is 5.75 Å². The summed E-state index contributed by atoms with van der Waals surface area (Å²) in [4.78, 5) is 4.16. The monoisotopic (exact) mass is 204 g/mol. The lowest BCUT2D eigenvalue weighted by atomic mass is 10.3. The van der Waals surface area contributed by atoms with Gasteiger partial charge >= 0.3 is 0 Å². The first-order valence-electron chi connectivity index (χ1n) is 4.65. The normalized spacial score (nSPS) is 10.2. The van der Waals surface area contributed by atoms with Crippen molar-refractivity contribution in [3.63, 3.8) is 0 Å². The zero-order valence-electron chi connectivity index (χ0n) is 8.36. The fraction of sp³-hybridized carbons (Fsp3) is 0.200. The van der Waals surface area contributed by atoms with E-state index in [2.05, 4.69) is 20.5 Å². The van der Waals surface area contributed by atoms with Crippen LogP contribution in [0.15, 0.2) is 24.3 Å². The number of aromatic nitrogens is 3. The number of phenolic OH excluding ortho intramolecular Hbond substituents is 1. The topological polar surface area (TPSA) is 73.8 Å². The van der Waals surface area contributed by atoms with E-state index in [0.29, 0.717) is 6.54 Å². The van der Waals surface area contributed by atoms with Crippen molar-refractivity contribution in [3.05, 3.63) is 35.9 Å². The highest BCUT2D eigenvalue weighted by Gasteiger charge is 1.99. The number of hydrogen-bond acceptors (Lipinski definition) is 4. The van der Waals surface area contributed by atoms with Gasteiger partial charge < -0.3 is 10.4 Å². The summed E-state index contributed by atoms with van der Waals surface area (Å²) in [6.07, 6.45) is 0. The van der Waals surface area contributed by atoms with Gasteiger partial charge in [0.1, 0.15) is 11.6 Å². The number of phenols is 1. The SMILES string of the molecule is Cc1nc(CNc2ccc(O)cc2)n[nH]1. The van der Waals surface area contributed by atoms with Gasteiger partial charge in [-0.3, -0.25) is 5.10 Å². The Hall–Kier alpha value is -2.04. The van der Waals surface area contributed by atoms with E-state index in [1.54, 1.807) is 24.3 Å². The predicted octanol–water partition coefficient (Wildman–Crippen LogP) is 1.43. The van der Waals surface area contributed by atoms with Gasteiger partial charge in [0.2, 0.25) is 0 Å². The Bertz CT molecular complexity index is 435. The van der Waals surface area contributed by atoms with Crippen LogP contribution in [0.25, 0.3) is 0 Å². The Kier molecular flexibility index (Phi) is 2.53. The number of H-pyrrole nitrogens is 1. The molecule has 0 atom stereocenters. The third-order valence-corrected chi connectivity index (χ3v) is 1.96. The van der Waals surface area contributed by atoms with Gasteiger partial charge in [-0.05, 0) is 31.2 Å². The maximum Gasteiger partial charge on any atom is 0.169 e. The lowest BCUT2D eigenvalue weighted by molar-refractivity contribution is 0.475. The molecule has 1 aromatic heterocycles. The molecule has 0 saturated heterocycles. The molecule has 2 rings (SSSR count). The lowest BCUT2D eigenvalue weighted by Crippen LogP contribution is -2.00. The molecule has 0 radical (unpaired) electrons. The summed E-state index contributed by atoms with van der Waals surface area (Å²) in [7, 11) is 0. The Morgan fingerprint density at radius 1 is 1.33 bits per heavy atom. The summed E-state index contributed by atoms with van der Waals surface area (Å²) >= 11 is 0. The standard InChI is InChI=1S/C10H12N4O/c1-7-12-10(14-13-7)6-11-8-2-4-9(15)5-3-8/h2-5,11,15H,6H2,1H3,(H,12,13,14). The number of aryl methyl sites for hydroxylation is 1. The summed E-state index contributed by atoms with van der Waals surface area (Å²) < 4.78 is 0. The molecule has 78 valence electrons. The molecule has 0 aliphatic carbocycles. The zero-order chi connectivity index (χ0) is 10.7. The van der Waals surface area contributed by atoms with E-state index in [1.165, 1.54) is 0 Å². The van der Waals surface area contributed by atoms with Gasteiger partial charge in [-0.15, -0.1) is 0 Å². The summed E-state index contributed by atoms with van der Waals surface area (Å²) in [5.74, 6) is 1.78. The maximum absolute atomic E-state index is 9.09. The number of rotatable bonds is 3. The maximum atomic E-state index is 9.09. The van der Waals surface area contributed by atoms with Gasteiger partial charge in [-0.25, -0.2) is 4.98 Å². The minimum absolute atomic E-state index is 0.259. The van der Waals surface area contributed by atoms with Crippen LogP contribution in [0.3, 0.4) is 0 Å². The summed E-state index contributed by atoms with van der Waals surface area (Å²) in [6, 6.07) is 6.86. The van der Waals surface area contributed by atoms with Crippen molar-refractivity contribution in [1.29, 1.82) is 0 Å². The van der Waals surface area contributed by atoms with Crippen LogP contribution in [0.1, 0.15) is 11.6 Å². The molecule has 0 unspecified atom stereocenters. The Labute approximate surface area is 87.2 Å². The number of aromatic amines is 1. The summed E-state index contributed by atoms with van der Waals surface area (Å²) in [5, 5.41) is 19.0. The van der Waals surface area contributed by atoms with Crippen molar-refractivity contribution in [2.75, 3.05) is 5.32 Å². The molecule has 15 heavy (non-hydrogen) atoms. The highest BCUT2D eigenvalue weighted by atomic mass is 16.3. The van der Waals surface area contributed by atoms with E-state index in [4.69, 9.17) is 5.11 Å². The fourth-order valence-corrected chi connectivity index (χ4v) is 1.23. The molecule has 0 bridgehead atoms. The minimum atomic E-state index is 0.259. The van der Waals surface area contributed by atoms with Crippen molar-refractivity contribution in [3.8, 4) is 5.75 Å². The average molecular weight is 204 g/mol. The van der Waals surface area contributed by atoms with Gasteiger partial charge in [-0.1, -0.05) is 0 Å². The molecule has 1 aromatic carbocycles. The number of aromatic hydroxyl groups is 1. The minimum Gasteiger partial charge on any atom is -0.508 e. The molecule has 0 fully saturated rings. The van der Waals surface area contributed by atoms with Crippen LogP contribution < -0.4 is 5.32 Å². The van der Waals surface area contributed by atoms with Gasteiger partial charge in [0.05, 0.1) is 6.54 Å². The second kappa shape index (κ2) is 4.00. The third-order valence-electron chi connectivity index (χ3n) is 1.96. The predicted molar refractivity (Wildman–Crippen MR) is 56.6 cm³/mol. The van der Waals surface area contributed by atoms with Gasteiger partial charge in [-0.2, -0.15) is 5.10 Å². The van der Waals surface area contributed by atoms with E-state index >= 15 is 0 Å². The number of benzene rings is 1. The summed E-state index contributed by atoms with van der Waals surface area (Å²) in [5.41, 5.74) is 0.926. The number of nitrogens with zero attached hydrogens (tertiary/aromatic N) is 2. The smallest absolute Gasteiger partial charge is 0.169 e. The first kappa shape index (κ1) is 9.51.